The molecule has 0 saturated heterocycles. The summed E-state index contributed by atoms with van der Waals surface area (Å²) in [6, 6.07) is 4.03. The summed E-state index contributed by atoms with van der Waals surface area (Å²) in [6.07, 6.45) is 3.72. The second-order valence-electron chi connectivity index (χ2n) is 4.59. The van der Waals surface area contributed by atoms with E-state index >= 15 is 0 Å². The standard InChI is InChI=1S/C13H20N4O/c1-10-12(9-17(3)15-10)13(7-14)16(2)8-11-5-4-6-18-11/h4-6,9,13H,7-8,14H2,1-3H3. The summed E-state index contributed by atoms with van der Waals surface area (Å²) in [6.45, 7) is 3.31. The van der Waals surface area contributed by atoms with Crippen molar-refractivity contribution in [2.24, 2.45) is 12.8 Å². The Hall–Kier alpha value is -1.59. The summed E-state index contributed by atoms with van der Waals surface area (Å²) in [5.41, 5.74) is 8.11. The summed E-state index contributed by atoms with van der Waals surface area (Å²) in [7, 11) is 3.98. The van der Waals surface area contributed by atoms with Crippen molar-refractivity contribution < 1.29 is 4.42 Å². The molecule has 0 aliphatic carbocycles. The molecule has 2 N–H and O–H groups in total. The fourth-order valence-corrected chi connectivity index (χ4v) is 2.25. The molecule has 2 aromatic rings. The molecule has 2 aromatic heterocycles. The lowest BCUT2D eigenvalue weighted by molar-refractivity contribution is 0.222. The highest BCUT2D eigenvalue weighted by atomic mass is 16.3. The van der Waals surface area contributed by atoms with Gasteiger partial charge in [-0.05, 0) is 26.1 Å². The molecule has 0 bridgehead atoms. The van der Waals surface area contributed by atoms with E-state index in [9.17, 15) is 0 Å². The zero-order chi connectivity index (χ0) is 13.1. The molecule has 2 rings (SSSR count). The maximum absolute atomic E-state index is 5.90. The third-order valence-corrected chi connectivity index (χ3v) is 3.15. The molecule has 1 atom stereocenters. The molecule has 0 spiro atoms. The van der Waals surface area contributed by atoms with Crippen LogP contribution in [0.25, 0.3) is 0 Å². The third-order valence-electron chi connectivity index (χ3n) is 3.15. The normalized spacial score (nSPS) is 13.2. The molecule has 5 nitrogen and oxygen atoms in total. The van der Waals surface area contributed by atoms with Crippen LogP contribution in [0.5, 0.6) is 0 Å². The number of aromatic nitrogens is 2. The van der Waals surface area contributed by atoms with E-state index in [1.165, 1.54) is 5.56 Å². The van der Waals surface area contributed by atoms with Gasteiger partial charge in [0, 0.05) is 25.4 Å². The van der Waals surface area contributed by atoms with Crippen LogP contribution in [0.3, 0.4) is 0 Å². The van der Waals surface area contributed by atoms with Gasteiger partial charge in [-0.15, -0.1) is 0 Å². The molecule has 0 aliphatic heterocycles. The zero-order valence-electron chi connectivity index (χ0n) is 11.1. The van der Waals surface area contributed by atoms with Gasteiger partial charge in [-0.2, -0.15) is 5.10 Å². The zero-order valence-corrected chi connectivity index (χ0v) is 11.1. The summed E-state index contributed by atoms with van der Waals surface area (Å²) in [4.78, 5) is 2.18. The lowest BCUT2D eigenvalue weighted by Gasteiger charge is -2.25. The molecule has 0 aromatic carbocycles. The SMILES string of the molecule is Cc1nn(C)cc1C(CN)N(C)Cc1ccco1. The number of hydrogen-bond donors (Lipinski definition) is 1. The Morgan fingerprint density at radius 2 is 2.33 bits per heavy atom. The molecule has 0 aliphatic rings. The van der Waals surface area contributed by atoms with Crippen LogP contribution in [0.2, 0.25) is 0 Å². The van der Waals surface area contributed by atoms with Gasteiger partial charge in [0.15, 0.2) is 0 Å². The van der Waals surface area contributed by atoms with E-state index in [4.69, 9.17) is 10.2 Å². The third kappa shape index (κ3) is 2.63. The van der Waals surface area contributed by atoms with E-state index < -0.39 is 0 Å². The van der Waals surface area contributed by atoms with Gasteiger partial charge in [0.05, 0.1) is 24.5 Å². The Morgan fingerprint density at radius 1 is 1.56 bits per heavy atom. The van der Waals surface area contributed by atoms with Gasteiger partial charge < -0.3 is 10.2 Å². The van der Waals surface area contributed by atoms with Crippen LogP contribution in [-0.2, 0) is 13.6 Å². The van der Waals surface area contributed by atoms with Crippen LogP contribution in [0, 0.1) is 6.92 Å². The topological polar surface area (TPSA) is 60.2 Å². The Morgan fingerprint density at radius 3 is 2.83 bits per heavy atom. The minimum atomic E-state index is 0.156. The molecule has 1 unspecified atom stereocenters. The van der Waals surface area contributed by atoms with E-state index in [1.54, 1.807) is 6.26 Å². The van der Waals surface area contributed by atoms with Crippen LogP contribution < -0.4 is 5.73 Å². The molecule has 98 valence electrons. The smallest absolute Gasteiger partial charge is 0.117 e. The highest BCUT2D eigenvalue weighted by molar-refractivity contribution is 5.20. The highest BCUT2D eigenvalue weighted by Gasteiger charge is 2.20. The number of rotatable bonds is 5. The number of aryl methyl sites for hydroxylation is 2. The van der Waals surface area contributed by atoms with Crippen molar-refractivity contribution in [3.05, 3.63) is 41.6 Å². The lowest BCUT2D eigenvalue weighted by atomic mass is 10.1. The average Bonchev–Trinajstić information content (AvgIpc) is 2.91. The molecular formula is C13H20N4O. The number of hydrogen-bond acceptors (Lipinski definition) is 4. The molecule has 5 heteroatoms. The van der Waals surface area contributed by atoms with Gasteiger partial charge in [0.1, 0.15) is 5.76 Å². The van der Waals surface area contributed by atoms with Gasteiger partial charge in [-0.1, -0.05) is 0 Å². The molecule has 2 heterocycles. The Bertz CT molecular complexity index is 489. The van der Waals surface area contributed by atoms with Crippen LogP contribution in [-0.4, -0.2) is 28.3 Å². The summed E-state index contributed by atoms with van der Waals surface area (Å²) >= 11 is 0. The van der Waals surface area contributed by atoms with E-state index in [0.717, 1.165) is 18.0 Å². The number of likely N-dealkylation sites (N-methyl/N-ethyl adjacent to an activating group) is 1. The van der Waals surface area contributed by atoms with E-state index in [0.29, 0.717) is 6.54 Å². The van der Waals surface area contributed by atoms with Gasteiger partial charge in [-0.25, -0.2) is 0 Å². The second kappa shape index (κ2) is 5.37. The first kappa shape index (κ1) is 12.9. The van der Waals surface area contributed by atoms with Crippen molar-refractivity contribution in [1.82, 2.24) is 14.7 Å². The van der Waals surface area contributed by atoms with E-state index in [1.807, 2.05) is 44.0 Å². The first-order chi connectivity index (χ1) is 8.61. The predicted molar refractivity (Wildman–Crippen MR) is 69.9 cm³/mol. The monoisotopic (exact) mass is 248 g/mol. The molecule has 0 radical (unpaired) electrons. The second-order valence-corrected chi connectivity index (χ2v) is 4.59. The maximum atomic E-state index is 5.90. The van der Waals surface area contributed by atoms with Crippen molar-refractivity contribution in [3.63, 3.8) is 0 Å². The minimum absolute atomic E-state index is 0.156. The summed E-state index contributed by atoms with van der Waals surface area (Å²) < 4.78 is 7.19. The van der Waals surface area contributed by atoms with Crippen LogP contribution in [0.15, 0.2) is 29.0 Å². The maximum Gasteiger partial charge on any atom is 0.117 e. The summed E-state index contributed by atoms with van der Waals surface area (Å²) in [5.74, 6) is 0.942. The fourth-order valence-electron chi connectivity index (χ4n) is 2.25. The van der Waals surface area contributed by atoms with Crippen molar-refractivity contribution in [1.29, 1.82) is 0 Å². The Balaban J connectivity index is 2.15. The molecule has 0 amide bonds. The number of nitrogens with zero attached hydrogens (tertiary/aromatic N) is 3. The van der Waals surface area contributed by atoms with Gasteiger partial charge >= 0.3 is 0 Å². The Labute approximate surface area is 107 Å². The van der Waals surface area contributed by atoms with E-state index in [2.05, 4.69) is 10.00 Å². The summed E-state index contributed by atoms with van der Waals surface area (Å²) in [5, 5.41) is 4.37. The van der Waals surface area contributed by atoms with Gasteiger partial charge in [-0.3, -0.25) is 9.58 Å². The first-order valence-electron chi connectivity index (χ1n) is 6.04. The molecular weight excluding hydrogens is 228 g/mol. The Kier molecular flexibility index (Phi) is 3.84. The quantitative estimate of drug-likeness (QED) is 0.870. The lowest BCUT2D eigenvalue weighted by Crippen LogP contribution is -2.30. The van der Waals surface area contributed by atoms with Crippen molar-refractivity contribution in [3.8, 4) is 0 Å². The van der Waals surface area contributed by atoms with Crippen molar-refractivity contribution in [2.45, 2.75) is 19.5 Å². The number of furan rings is 1. The fraction of sp³-hybridized carbons (Fsp3) is 0.462. The first-order valence-corrected chi connectivity index (χ1v) is 6.04. The number of nitrogens with two attached hydrogens (primary N) is 1. The highest BCUT2D eigenvalue weighted by Crippen LogP contribution is 2.22. The van der Waals surface area contributed by atoms with Gasteiger partial charge in [0.2, 0.25) is 0 Å². The molecule has 0 fully saturated rings. The van der Waals surface area contributed by atoms with Gasteiger partial charge in [0.25, 0.3) is 0 Å². The van der Waals surface area contributed by atoms with Crippen molar-refractivity contribution >= 4 is 0 Å². The molecule has 0 saturated carbocycles. The molecule has 18 heavy (non-hydrogen) atoms. The van der Waals surface area contributed by atoms with Crippen LogP contribution >= 0.6 is 0 Å². The minimum Gasteiger partial charge on any atom is -0.468 e. The van der Waals surface area contributed by atoms with Crippen molar-refractivity contribution in [2.75, 3.05) is 13.6 Å². The van der Waals surface area contributed by atoms with Crippen LogP contribution in [0.4, 0.5) is 0 Å². The predicted octanol–water partition coefficient (Wildman–Crippen LogP) is 1.45. The van der Waals surface area contributed by atoms with E-state index in [-0.39, 0.29) is 6.04 Å². The largest absolute Gasteiger partial charge is 0.468 e. The average molecular weight is 248 g/mol. The van der Waals surface area contributed by atoms with Crippen LogP contribution in [0.1, 0.15) is 23.1 Å².